The highest BCUT2D eigenvalue weighted by molar-refractivity contribution is 9.10. The van der Waals surface area contributed by atoms with Crippen LogP contribution in [0.3, 0.4) is 0 Å². The summed E-state index contributed by atoms with van der Waals surface area (Å²) in [5.74, 6) is 0.703. The van der Waals surface area contributed by atoms with Crippen molar-refractivity contribution in [1.82, 2.24) is 10.2 Å². The van der Waals surface area contributed by atoms with Gasteiger partial charge in [0, 0.05) is 23.7 Å². The van der Waals surface area contributed by atoms with Crippen LogP contribution in [-0.2, 0) is 9.59 Å². The van der Waals surface area contributed by atoms with Crippen molar-refractivity contribution in [3.63, 3.8) is 0 Å². The molecule has 0 aromatic heterocycles. The van der Waals surface area contributed by atoms with Gasteiger partial charge in [0.05, 0.1) is 6.04 Å². The number of amides is 2. The summed E-state index contributed by atoms with van der Waals surface area (Å²) in [5, 5.41) is 2.83. The van der Waals surface area contributed by atoms with Gasteiger partial charge in [0.25, 0.3) is 0 Å². The molecular formula is C18H24BrF3N2O2. The average Bonchev–Trinajstić information content (AvgIpc) is 2.72. The molecule has 4 bridgehead atoms. The molecule has 4 nitrogen and oxygen atoms in total. The first-order valence-corrected chi connectivity index (χ1v) is 10.2. The summed E-state index contributed by atoms with van der Waals surface area (Å²) in [5.41, 5.74) is 0.0198. The minimum absolute atomic E-state index is 0.0198. The lowest BCUT2D eigenvalue weighted by atomic mass is 9.48. The molecule has 1 N–H and O–H groups in total. The summed E-state index contributed by atoms with van der Waals surface area (Å²) in [6.45, 7) is -1.29. The van der Waals surface area contributed by atoms with Gasteiger partial charge >= 0.3 is 6.18 Å². The maximum absolute atomic E-state index is 12.6. The Balaban J connectivity index is 1.34. The highest BCUT2D eigenvalue weighted by Gasteiger charge is 2.57. The second kappa shape index (κ2) is 6.11. The Kier molecular flexibility index (Phi) is 4.36. The quantitative estimate of drug-likeness (QED) is 0.686. The lowest BCUT2D eigenvalue weighted by Crippen LogP contribution is -2.54. The molecule has 3 atom stereocenters. The second-order valence-corrected chi connectivity index (χ2v) is 10.8. The summed E-state index contributed by atoms with van der Waals surface area (Å²) in [6, 6.07) is -0.510. The van der Waals surface area contributed by atoms with E-state index in [2.05, 4.69) is 21.2 Å². The molecule has 5 fully saturated rings. The lowest BCUT2D eigenvalue weighted by molar-refractivity contribution is -0.157. The standard InChI is InChI=1S/C18H24BrF3N2O2/c19-17-5-11-1-12(6-17)4-16(3-11,9-17)7-14(25)23-13-2-15(26)24(8-13)10-18(20,21)22/h11-13H,1-10H2,(H,23,25)/t11-,12-,13+,16?,17?/m1/s1. The van der Waals surface area contributed by atoms with E-state index in [0.717, 1.165) is 24.2 Å². The van der Waals surface area contributed by atoms with Crippen molar-refractivity contribution in [3.8, 4) is 0 Å². The van der Waals surface area contributed by atoms with Crippen molar-refractivity contribution in [2.45, 2.75) is 67.9 Å². The van der Waals surface area contributed by atoms with Gasteiger partial charge in [-0.1, -0.05) is 15.9 Å². The number of halogens is 4. The van der Waals surface area contributed by atoms with Gasteiger partial charge in [-0.2, -0.15) is 13.2 Å². The van der Waals surface area contributed by atoms with Gasteiger partial charge in [0.2, 0.25) is 11.8 Å². The number of rotatable bonds is 4. The zero-order valence-electron chi connectivity index (χ0n) is 14.6. The van der Waals surface area contributed by atoms with Crippen molar-refractivity contribution >= 4 is 27.7 Å². The maximum Gasteiger partial charge on any atom is 0.406 e. The molecule has 5 rings (SSSR count). The molecule has 0 radical (unpaired) electrons. The van der Waals surface area contributed by atoms with Crippen LogP contribution in [0.2, 0.25) is 0 Å². The third kappa shape index (κ3) is 3.76. The zero-order valence-corrected chi connectivity index (χ0v) is 16.2. The van der Waals surface area contributed by atoms with Gasteiger partial charge in [-0.25, -0.2) is 0 Å². The Morgan fingerprint density at radius 1 is 1.23 bits per heavy atom. The number of nitrogens with one attached hydrogen (secondary N) is 1. The smallest absolute Gasteiger partial charge is 0.351 e. The Morgan fingerprint density at radius 2 is 1.88 bits per heavy atom. The lowest BCUT2D eigenvalue weighted by Gasteiger charge is -2.60. The van der Waals surface area contributed by atoms with E-state index in [9.17, 15) is 22.8 Å². The first kappa shape index (κ1) is 18.6. The second-order valence-electron chi connectivity index (χ2n) is 9.15. The van der Waals surface area contributed by atoms with Crippen LogP contribution in [0.15, 0.2) is 0 Å². The normalized spacial score (nSPS) is 41.8. The van der Waals surface area contributed by atoms with E-state index in [1.54, 1.807) is 0 Å². The SMILES string of the molecule is O=C(CC12C[C@H]3C[C@@H](CC(Br)(C3)C1)C2)N[C@H]1CC(=O)N(CC(F)(F)F)C1. The van der Waals surface area contributed by atoms with Crippen LogP contribution in [0.5, 0.6) is 0 Å². The summed E-state index contributed by atoms with van der Waals surface area (Å²) in [4.78, 5) is 25.2. The summed E-state index contributed by atoms with van der Waals surface area (Å²) in [6.07, 6.45) is 2.79. The van der Waals surface area contributed by atoms with Crippen molar-refractivity contribution in [2.24, 2.45) is 17.3 Å². The molecule has 0 unspecified atom stereocenters. The highest BCUT2D eigenvalue weighted by atomic mass is 79.9. The van der Waals surface area contributed by atoms with E-state index in [1.807, 2.05) is 0 Å². The largest absolute Gasteiger partial charge is 0.406 e. The fourth-order valence-electron chi connectivity index (χ4n) is 6.40. The van der Waals surface area contributed by atoms with Crippen molar-refractivity contribution < 1.29 is 22.8 Å². The molecule has 146 valence electrons. The molecule has 0 aromatic carbocycles. The van der Waals surface area contributed by atoms with Gasteiger partial charge < -0.3 is 10.2 Å². The number of nitrogens with zero attached hydrogens (tertiary/aromatic N) is 1. The molecule has 26 heavy (non-hydrogen) atoms. The Morgan fingerprint density at radius 3 is 2.46 bits per heavy atom. The Bertz CT molecular complexity index is 610. The number of carbonyl (C=O) groups is 2. The van der Waals surface area contributed by atoms with Crippen molar-refractivity contribution in [2.75, 3.05) is 13.1 Å². The summed E-state index contributed by atoms with van der Waals surface area (Å²) >= 11 is 3.92. The molecule has 0 aromatic rings. The minimum Gasteiger partial charge on any atom is -0.351 e. The molecule has 2 amide bonds. The van der Waals surface area contributed by atoms with E-state index in [1.165, 1.54) is 19.3 Å². The predicted octanol–water partition coefficient (Wildman–Crippen LogP) is 3.39. The number of hydrogen-bond acceptors (Lipinski definition) is 2. The van der Waals surface area contributed by atoms with Crippen LogP contribution in [0.1, 0.15) is 51.4 Å². The van der Waals surface area contributed by atoms with Crippen molar-refractivity contribution in [1.29, 1.82) is 0 Å². The zero-order chi connectivity index (χ0) is 18.7. The molecule has 1 saturated heterocycles. The molecule has 4 aliphatic carbocycles. The molecule has 1 heterocycles. The minimum atomic E-state index is -4.40. The van der Waals surface area contributed by atoms with Crippen LogP contribution in [-0.4, -0.2) is 46.3 Å². The van der Waals surface area contributed by atoms with Crippen LogP contribution >= 0.6 is 15.9 Å². The third-order valence-corrected chi connectivity index (χ3v) is 7.52. The van der Waals surface area contributed by atoms with Gasteiger partial charge in [-0.05, 0) is 55.8 Å². The monoisotopic (exact) mass is 436 g/mol. The maximum atomic E-state index is 12.6. The number of hydrogen-bond donors (Lipinski definition) is 1. The Labute approximate surface area is 159 Å². The van der Waals surface area contributed by atoms with Gasteiger partial charge in [-0.15, -0.1) is 0 Å². The Hall–Kier alpha value is -0.790. The number of likely N-dealkylation sites (tertiary alicyclic amines) is 1. The number of carbonyl (C=O) groups excluding carboxylic acids is 2. The highest BCUT2D eigenvalue weighted by Crippen LogP contribution is 2.65. The van der Waals surface area contributed by atoms with Crippen LogP contribution in [0.25, 0.3) is 0 Å². The predicted molar refractivity (Wildman–Crippen MR) is 92.6 cm³/mol. The summed E-state index contributed by atoms with van der Waals surface area (Å²) < 4.78 is 37.7. The molecule has 5 aliphatic rings. The molecule has 8 heteroatoms. The van der Waals surface area contributed by atoms with Crippen molar-refractivity contribution in [3.05, 3.63) is 0 Å². The molecule has 1 aliphatic heterocycles. The van der Waals surface area contributed by atoms with Crippen LogP contribution in [0.4, 0.5) is 13.2 Å². The molecule has 0 spiro atoms. The van der Waals surface area contributed by atoms with Gasteiger partial charge in [0.15, 0.2) is 0 Å². The van der Waals surface area contributed by atoms with E-state index < -0.39 is 24.7 Å². The van der Waals surface area contributed by atoms with E-state index in [0.29, 0.717) is 18.3 Å². The topological polar surface area (TPSA) is 49.4 Å². The molecular weight excluding hydrogens is 413 g/mol. The van der Waals surface area contributed by atoms with Crippen LogP contribution in [0, 0.1) is 17.3 Å². The van der Waals surface area contributed by atoms with Crippen LogP contribution < -0.4 is 5.32 Å². The van der Waals surface area contributed by atoms with Gasteiger partial charge in [-0.3, -0.25) is 9.59 Å². The molecule has 4 saturated carbocycles. The van der Waals surface area contributed by atoms with E-state index in [4.69, 9.17) is 0 Å². The first-order valence-electron chi connectivity index (χ1n) is 9.36. The third-order valence-electron chi connectivity index (χ3n) is 6.60. The van der Waals surface area contributed by atoms with E-state index in [-0.39, 0.29) is 28.6 Å². The average molecular weight is 437 g/mol. The first-order chi connectivity index (χ1) is 12.0. The van der Waals surface area contributed by atoms with Gasteiger partial charge in [0.1, 0.15) is 6.54 Å². The number of alkyl halides is 4. The van der Waals surface area contributed by atoms with E-state index >= 15 is 0 Å². The fourth-order valence-corrected chi connectivity index (χ4v) is 7.91. The summed E-state index contributed by atoms with van der Waals surface area (Å²) in [7, 11) is 0. The fraction of sp³-hybridized carbons (Fsp3) is 0.889.